The Bertz CT molecular complexity index is 1990. The fourth-order valence-corrected chi connectivity index (χ4v) is 7.39. The van der Waals surface area contributed by atoms with Crippen LogP contribution in [0.5, 0.6) is 0 Å². The minimum absolute atomic E-state index is 0.0188. The molecule has 0 aromatic heterocycles. The molecule has 12 nitrogen and oxygen atoms in total. The summed E-state index contributed by atoms with van der Waals surface area (Å²) in [5.41, 5.74) is 4.47. The van der Waals surface area contributed by atoms with E-state index in [4.69, 9.17) is 42.6 Å². The van der Waals surface area contributed by atoms with Crippen molar-refractivity contribution in [2.45, 2.75) is 101 Å². The first-order valence-electron chi connectivity index (χ1n) is 20.6. The van der Waals surface area contributed by atoms with Crippen LogP contribution in [0, 0.1) is 0 Å². The van der Waals surface area contributed by atoms with Gasteiger partial charge in [-0.1, -0.05) is 152 Å². The summed E-state index contributed by atoms with van der Waals surface area (Å²) in [6.45, 7) is 2.05. The summed E-state index contributed by atoms with van der Waals surface area (Å²) in [6.07, 6.45) is -11.5. The van der Waals surface area contributed by atoms with E-state index < -0.39 is 67.4 Å². The van der Waals surface area contributed by atoms with Crippen molar-refractivity contribution in [1.82, 2.24) is 0 Å². The monoisotopic (exact) mass is 834 g/mol. The van der Waals surface area contributed by atoms with Gasteiger partial charge in [-0.15, -0.1) is 0 Å². The van der Waals surface area contributed by atoms with Crippen LogP contribution >= 0.6 is 0 Å². The molecule has 0 radical (unpaired) electrons. The molecule has 0 aliphatic carbocycles. The molecule has 12 heteroatoms. The van der Waals surface area contributed by atoms with Gasteiger partial charge in [0.2, 0.25) is 0 Å². The number of aliphatic hydroxyl groups excluding tert-OH is 2. The van der Waals surface area contributed by atoms with Gasteiger partial charge in [-0.2, -0.15) is 0 Å². The Morgan fingerprint density at radius 2 is 0.869 bits per heavy atom. The molecule has 61 heavy (non-hydrogen) atoms. The molecule has 7 rings (SSSR count). The fraction of sp³-hybridized carbons (Fsp3) is 0.367. The predicted molar refractivity (Wildman–Crippen MR) is 223 cm³/mol. The van der Waals surface area contributed by atoms with Crippen LogP contribution in [0.2, 0.25) is 0 Å². The van der Waals surface area contributed by atoms with Crippen LogP contribution < -0.4 is 0 Å². The van der Waals surface area contributed by atoms with E-state index in [1.54, 1.807) is 0 Å². The molecule has 5 aromatic carbocycles. The van der Waals surface area contributed by atoms with Crippen LogP contribution in [-0.4, -0.2) is 90.8 Å². The number of carbonyl (C=O) groups is 1. The molecule has 10 atom stereocenters. The van der Waals surface area contributed by atoms with Gasteiger partial charge in [0.15, 0.2) is 18.7 Å². The van der Waals surface area contributed by atoms with E-state index in [1.165, 1.54) is 6.92 Å². The summed E-state index contributed by atoms with van der Waals surface area (Å²) in [6, 6.07) is 48.0. The van der Waals surface area contributed by atoms with Gasteiger partial charge >= 0.3 is 5.97 Å². The smallest absolute Gasteiger partial charge is 0.303 e. The molecule has 0 saturated carbocycles. The Hall–Kier alpha value is -4.83. The van der Waals surface area contributed by atoms with Gasteiger partial charge in [0.25, 0.3) is 0 Å². The highest BCUT2D eigenvalue weighted by atomic mass is 16.7. The molecule has 2 fully saturated rings. The lowest BCUT2D eigenvalue weighted by atomic mass is 9.96. The van der Waals surface area contributed by atoms with Crippen molar-refractivity contribution in [2.75, 3.05) is 13.2 Å². The van der Waals surface area contributed by atoms with E-state index in [-0.39, 0.29) is 46.2 Å². The highest BCUT2D eigenvalue weighted by molar-refractivity contribution is 5.66. The van der Waals surface area contributed by atoms with Crippen molar-refractivity contribution in [1.29, 1.82) is 0 Å². The molecule has 0 unspecified atom stereocenters. The summed E-state index contributed by atoms with van der Waals surface area (Å²) in [5.74, 6) is -0.628. The Labute approximate surface area is 356 Å². The van der Waals surface area contributed by atoms with E-state index in [1.807, 2.05) is 152 Å². The van der Waals surface area contributed by atoms with Gasteiger partial charge < -0.3 is 52.8 Å². The second-order valence-electron chi connectivity index (χ2n) is 15.1. The second-order valence-corrected chi connectivity index (χ2v) is 15.1. The maximum atomic E-state index is 12.7. The molecule has 2 saturated heterocycles. The molecule has 2 heterocycles. The number of hydrogen-bond donors (Lipinski definition) is 2. The van der Waals surface area contributed by atoms with Gasteiger partial charge in [0, 0.05) is 6.92 Å². The third-order valence-corrected chi connectivity index (χ3v) is 10.5. The normalized spacial score (nSPS) is 26.4. The molecule has 2 aliphatic heterocycles. The number of hydrogen-bond acceptors (Lipinski definition) is 12. The number of esters is 1. The highest BCUT2D eigenvalue weighted by Crippen LogP contribution is 2.35. The van der Waals surface area contributed by atoms with E-state index >= 15 is 0 Å². The SMILES string of the molecule is CC(=O)O[C@H]1[C@@H](O)[C@@H](COCc2ccccc2)O[C@@H](O[C@H]2[C@H](OCc3ccccc3)[C@@H](OCc3ccccc3)[C@H](O)O[C@@H]2COCc2ccccc2)[C@@H]1OCc1ccccc1. The standard InChI is InChI=1S/C49H54O12/c1-34(50)58-44-42(51)40(32-53-27-35-17-7-2-8-18-35)60-49(47(44)57-31-39-25-15-6-16-26-39)61-43-41(33-54-28-36-19-9-3-10-20-36)59-48(52)46(56-30-38-23-13-5-14-24-38)45(43)55-29-37-21-11-4-12-22-37/h2-26,40-49,51-52H,27-33H2,1H3/t40-,41-,42+,43-,44+,45+,46-,47-,48-,49+/m1/s1. The van der Waals surface area contributed by atoms with Crippen LogP contribution in [0.15, 0.2) is 152 Å². The van der Waals surface area contributed by atoms with Gasteiger partial charge in [-0.05, 0) is 27.8 Å². The molecule has 0 spiro atoms. The molecule has 5 aromatic rings. The minimum Gasteiger partial charge on any atom is -0.457 e. The lowest BCUT2D eigenvalue weighted by Crippen LogP contribution is -2.66. The third kappa shape index (κ3) is 12.9. The average Bonchev–Trinajstić information content (AvgIpc) is 3.29. The maximum absolute atomic E-state index is 12.7. The van der Waals surface area contributed by atoms with Gasteiger partial charge in [-0.3, -0.25) is 4.79 Å². The molecule has 322 valence electrons. The van der Waals surface area contributed by atoms with Gasteiger partial charge in [-0.25, -0.2) is 0 Å². The Balaban J connectivity index is 1.22. The minimum atomic E-state index is -1.44. The summed E-state index contributed by atoms with van der Waals surface area (Å²) in [5, 5.41) is 23.5. The van der Waals surface area contributed by atoms with Gasteiger partial charge in [0.05, 0.1) is 46.2 Å². The van der Waals surface area contributed by atoms with Crippen LogP contribution in [-0.2, 0) is 80.5 Å². The number of benzene rings is 5. The van der Waals surface area contributed by atoms with Crippen molar-refractivity contribution in [3.05, 3.63) is 179 Å². The van der Waals surface area contributed by atoms with Crippen molar-refractivity contribution in [3.63, 3.8) is 0 Å². The Morgan fingerprint density at radius 1 is 0.475 bits per heavy atom. The van der Waals surface area contributed by atoms with Crippen molar-refractivity contribution in [3.8, 4) is 0 Å². The summed E-state index contributed by atoms with van der Waals surface area (Å²) in [4.78, 5) is 12.7. The summed E-state index contributed by atoms with van der Waals surface area (Å²) >= 11 is 0. The van der Waals surface area contributed by atoms with E-state index in [9.17, 15) is 15.0 Å². The van der Waals surface area contributed by atoms with E-state index in [2.05, 4.69) is 0 Å². The molecular formula is C49H54O12. The Kier molecular flexibility index (Phi) is 16.6. The summed E-state index contributed by atoms with van der Waals surface area (Å²) in [7, 11) is 0. The van der Waals surface area contributed by atoms with E-state index in [0.29, 0.717) is 0 Å². The van der Waals surface area contributed by atoms with Crippen LogP contribution in [0.1, 0.15) is 34.7 Å². The van der Waals surface area contributed by atoms with Crippen molar-refractivity contribution >= 4 is 5.97 Å². The zero-order chi connectivity index (χ0) is 42.2. The quantitative estimate of drug-likeness (QED) is 0.0852. The molecule has 2 N–H and O–H groups in total. The molecular weight excluding hydrogens is 781 g/mol. The first-order valence-corrected chi connectivity index (χ1v) is 20.6. The predicted octanol–water partition coefficient (Wildman–Crippen LogP) is 6.30. The van der Waals surface area contributed by atoms with Crippen LogP contribution in [0.3, 0.4) is 0 Å². The lowest BCUT2D eigenvalue weighted by molar-refractivity contribution is -0.369. The first kappa shape index (κ1) is 44.2. The highest BCUT2D eigenvalue weighted by Gasteiger charge is 2.54. The van der Waals surface area contributed by atoms with Crippen molar-refractivity contribution < 1.29 is 57.6 Å². The zero-order valence-corrected chi connectivity index (χ0v) is 34.1. The van der Waals surface area contributed by atoms with Crippen LogP contribution in [0.25, 0.3) is 0 Å². The van der Waals surface area contributed by atoms with E-state index in [0.717, 1.165) is 27.8 Å². The number of ether oxygens (including phenoxy) is 9. The number of aliphatic hydroxyl groups is 2. The Morgan fingerprint density at radius 3 is 1.31 bits per heavy atom. The molecule has 0 amide bonds. The average molecular weight is 835 g/mol. The third-order valence-electron chi connectivity index (χ3n) is 10.5. The number of rotatable bonds is 20. The maximum Gasteiger partial charge on any atom is 0.303 e. The molecule has 0 bridgehead atoms. The first-order chi connectivity index (χ1) is 29.9. The molecule has 2 aliphatic rings. The fourth-order valence-electron chi connectivity index (χ4n) is 7.39. The lowest BCUT2D eigenvalue weighted by Gasteiger charge is -2.48. The largest absolute Gasteiger partial charge is 0.457 e. The summed E-state index contributed by atoms with van der Waals surface area (Å²) < 4.78 is 57.7. The van der Waals surface area contributed by atoms with Gasteiger partial charge in [0.1, 0.15) is 42.7 Å². The van der Waals surface area contributed by atoms with Crippen LogP contribution in [0.4, 0.5) is 0 Å². The van der Waals surface area contributed by atoms with Crippen molar-refractivity contribution in [2.24, 2.45) is 0 Å². The zero-order valence-electron chi connectivity index (χ0n) is 34.1. The second kappa shape index (κ2) is 22.9. The number of carbonyl (C=O) groups excluding carboxylic acids is 1. The topological polar surface area (TPSA) is 141 Å².